The van der Waals surface area contributed by atoms with Crippen molar-refractivity contribution in [3.8, 4) is 0 Å². The van der Waals surface area contributed by atoms with E-state index in [1.165, 1.54) is 0 Å². The van der Waals surface area contributed by atoms with Crippen LogP contribution in [-0.4, -0.2) is 23.4 Å². The molecule has 0 bridgehead atoms. The summed E-state index contributed by atoms with van der Waals surface area (Å²) in [5, 5.41) is 7.84. The first-order chi connectivity index (χ1) is 4.18. The molecule has 3 N–H and O–H groups in total. The molecule has 0 aliphatic heterocycles. The van der Waals surface area contributed by atoms with Crippen molar-refractivity contribution in [2.45, 2.75) is 0 Å². The SMILES string of the molecule is O=CNNC(=O)C(=O)O. The van der Waals surface area contributed by atoms with E-state index in [0.717, 1.165) is 0 Å². The van der Waals surface area contributed by atoms with E-state index in [-0.39, 0.29) is 6.41 Å². The number of nitrogens with one attached hydrogen (secondary N) is 2. The van der Waals surface area contributed by atoms with Gasteiger partial charge in [0.1, 0.15) is 0 Å². The Bertz CT molecular complexity index is 143. The van der Waals surface area contributed by atoms with Crippen molar-refractivity contribution in [2.24, 2.45) is 0 Å². The number of aliphatic carboxylic acids is 1. The molecule has 0 rings (SSSR count). The topological polar surface area (TPSA) is 95.5 Å². The van der Waals surface area contributed by atoms with Crippen molar-refractivity contribution in [1.29, 1.82) is 0 Å². The first-order valence-electron chi connectivity index (χ1n) is 1.91. The lowest BCUT2D eigenvalue weighted by atomic mass is 10.7. The van der Waals surface area contributed by atoms with Crippen molar-refractivity contribution in [2.75, 3.05) is 0 Å². The second-order valence-electron chi connectivity index (χ2n) is 1.02. The molecule has 0 unspecified atom stereocenters. The van der Waals surface area contributed by atoms with E-state index in [2.05, 4.69) is 0 Å². The third-order valence-corrected chi connectivity index (χ3v) is 0.439. The third kappa shape index (κ3) is 3.03. The predicted octanol–water partition coefficient (Wildman–Crippen LogP) is -2.15. The van der Waals surface area contributed by atoms with Crippen molar-refractivity contribution in [3.05, 3.63) is 0 Å². The van der Waals surface area contributed by atoms with Crippen molar-refractivity contribution < 1.29 is 19.5 Å². The summed E-state index contributed by atoms with van der Waals surface area (Å²) in [5.41, 5.74) is 3.24. The van der Waals surface area contributed by atoms with Crippen LogP contribution in [0.5, 0.6) is 0 Å². The lowest BCUT2D eigenvalue weighted by Gasteiger charge is -1.94. The summed E-state index contributed by atoms with van der Waals surface area (Å²) in [7, 11) is 0. The minimum atomic E-state index is -1.65. The Labute approximate surface area is 49.8 Å². The Kier molecular flexibility index (Phi) is 2.81. The van der Waals surface area contributed by atoms with Crippen LogP contribution in [0, 0.1) is 0 Å². The fraction of sp³-hybridized carbons (Fsp3) is 0. The highest BCUT2D eigenvalue weighted by Gasteiger charge is 2.07. The van der Waals surface area contributed by atoms with Gasteiger partial charge in [-0.05, 0) is 0 Å². The third-order valence-electron chi connectivity index (χ3n) is 0.439. The van der Waals surface area contributed by atoms with Crippen LogP contribution in [0.4, 0.5) is 0 Å². The van der Waals surface area contributed by atoms with Crippen molar-refractivity contribution >= 4 is 18.3 Å². The molecule has 6 nitrogen and oxygen atoms in total. The monoisotopic (exact) mass is 132 g/mol. The highest BCUT2D eigenvalue weighted by Crippen LogP contribution is 1.58. The minimum Gasteiger partial charge on any atom is -0.474 e. The van der Waals surface area contributed by atoms with Crippen LogP contribution in [0.2, 0.25) is 0 Å². The summed E-state index contributed by atoms with van der Waals surface area (Å²) in [6.45, 7) is 0. The molecule has 0 aliphatic rings. The van der Waals surface area contributed by atoms with Gasteiger partial charge in [-0.25, -0.2) is 4.79 Å². The molecule has 0 saturated carbocycles. The molecular formula is C3H4N2O4. The summed E-state index contributed by atoms with van der Waals surface area (Å²) in [4.78, 5) is 29.0. The van der Waals surface area contributed by atoms with Gasteiger partial charge < -0.3 is 5.11 Å². The summed E-state index contributed by atoms with van der Waals surface area (Å²) in [6.07, 6.45) is 0.154. The van der Waals surface area contributed by atoms with E-state index in [1.54, 1.807) is 10.9 Å². The standard InChI is InChI=1S/C3H4N2O4/c6-1-4-5-2(7)3(8)9/h1H,(H,4,6)(H,5,7)(H,8,9). The van der Waals surface area contributed by atoms with E-state index in [0.29, 0.717) is 0 Å². The van der Waals surface area contributed by atoms with Crippen LogP contribution in [0.15, 0.2) is 0 Å². The molecule has 9 heavy (non-hydrogen) atoms. The second-order valence-corrected chi connectivity index (χ2v) is 1.02. The number of hydrogen-bond acceptors (Lipinski definition) is 3. The van der Waals surface area contributed by atoms with Gasteiger partial charge in [0, 0.05) is 0 Å². The number of carboxylic acids is 1. The molecule has 0 fully saturated rings. The van der Waals surface area contributed by atoms with E-state index >= 15 is 0 Å². The molecule has 0 heterocycles. The molecule has 50 valence electrons. The van der Waals surface area contributed by atoms with Crippen molar-refractivity contribution in [3.63, 3.8) is 0 Å². The average Bonchev–Trinajstić information content (AvgIpc) is 1.82. The fourth-order valence-corrected chi connectivity index (χ4v) is 0.148. The highest BCUT2D eigenvalue weighted by molar-refractivity contribution is 6.31. The fourth-order valence-electron chi connectivity index (χ4n) is 0.148. The maximum atomic E-state index is 9.97. The van der Waals surface area contributed by atoms with Gasteiger partial charge in [0.25, 0.3) is 0 Å². The van der Waals surface area contributed by atoms with Crippen LogP contribution in [0.3, 0.4) is 0 Å². The minimum absolute atomic E-state index is 0.154. The molecule has 0 aromatic heterocycles. The largest absolute Gasteiger partial charge is 0.474 e. The average molecular weight is 132 g/mol. The number of carbonyl (C=O) groups excluding carboxylic acids is 2. The zero-order valence-electron chi connectivity index (χ0n) is 4.25. The first-order valence-corrected chi connectivity index (χ1v) is 1.91. The molecule has 0 aromatic rings. The Balaban J connectivity index is 3.51. The van der Waals surface area contributed by atoms with Gasteiger partial charge in [0.05, 0.1) is 0 Å². The number of hydrogen-bond donors (Lipinski definition) is 3. The van der Waals surface area contributed by atoms with E-state index in [9.17, 15) is 14.4 Å². The lowest BCUT2D eigenvalue weighted by Crippen LogP contribution is -2.40. The molecule has 0 aromatic carbocycles. The van der Waals surface area contributed by atoms with E-state index in [1.807, 2.05) is 0 Å². The van der Waals surface area contributed by atoms with Gasteiger partial charge in [-0.2, -0.15) is 0 Å². The maximum absolute atomic E-state index is 9.97. The van der Waals surface area contributed by atoms with Crippen molar-refractivity contribution in [1.82, 2.24) is 10.9 Å². The van der Waals surface area contributed by atoms with Crippen LogP contribution in [0.1, 0.15) is 0 Å². The number of hydrazine groups is 1. The van der Waals surface area contributed by atoms with Gasteiger partial charge in [0.2, 0.25) is 6.41 Å². The number of rotatable bonds is 2. The molecule has 0 aliphatic carbocycles. The van der Waals surface area contributed by atoms with E-state index < -0.39 is 11.9 Å². The van der Waals surface area contributed by atoms with Crippen LogP contribution in [-0.2, 0) is 14.4 Å². The first kappa shape index (κ1) is 7.41. The summed E-state index contributed by atoms with van der Waals surface area (Å²) in [5.74, 6) is -2.92. The van der Waals surface area contributed by atoms with E-state index in [4.69, 9.17) is 5.11 Å². The van der Waals surface area contributed by atoms with Gasteiger partial charge >= 0.3 is 11.9 Å². The molecule has 0 radical (unpaired) electrons. The highest BCUT2D eigenvalue weighted by atomic mass is 16.4. The van der Waals surface area contributed by atoms with Crippen LogP contribution >= 0.6 is 0 Å². The normalized spacial score (nSPS) is 7.56. The lowest BCUT2D eigenvalue weighted by molar-refractivity contribution is -0.150. The number of amides is 2. The number of carbonyl (C=O) groups is 3. The van der Waals surface area contributed by atoms with Gasteiger partial charge in [-0.15, -0.1) is 0 Å². The molecule has 0 saturated heterocycles. The zero-order chi connectivity index (χ0) is 7.28. The molecule has 0 spiro atoms. The molecule has 6 heteroatoms. The molecule has 2 amide bonds. The Morgan fingerprint density at radius 3 is 2.33 bits per heavy atom. The van der Waals surface area contributed by atoms with Gasteiger partial charge in [0.15, 0.2) is 0 Å². The second kappa shape index (κ2) is 3.42. The maximum Gasteiger partial charge on any atom is 0.396 e. The summed E-state index contributed by atoms with van der Waals surface area (Å²) in [6, 6.07) is 0. The van der Waals surface area contributed by atoms with Crippen LogP contribution < -0.4 is 10.9 Å². The summed E-state index contributed by atoms with van der Waals surface area (Å²) >= 11 is 0. The Morgan fingerprint density at radius 1 is 1.44 bits per heavy atom. The molecular weight excluding hydrogens is 128 g/mol. The quantitative estimate of drug-likeness (QED) is 0.227. The van der Waals surface area contributed by atoms with Gasteiger partial charge in [-0.1, -0.05) is 0 Å². The predicted molar refractivity (Wildman–Crippen MR) is 25.0 cm³/mol. The number of carboxylic acid groups (broad SMARTS) is 1. The zero-order valence-corrected chi connectivity index (χ0v) is 4.25. The Hall–Kier alpha value is -1.59. The Morgan fingerprint density at radius 2 is 2.00 bits per heavy atom. The van der Waals surface area contributed by atoms with Crippen LogP contribution in [0.25, 0.3) is 0 Å². The van der Waals surface area contributed by atoms with Gasteiger partial charge in [-0.3, -0.25) is 20.4 Å². The summed E-state index contributed by atoms with van der Waals surface area (Å²) < 4.78 is 0. The molecule has 0 atom stereocenters. The smallest absolute Gasteiger partial charge is 0.396 e.